The van der Waals surface area contributed by atoms with Gasteiger partial charge in [-0.15, -0.1) is 0 Å². The summed E-state index contributed by atoms with van der Waals surface area (Å²) in [6.07, 6.45) is 8.99. The largest absolute Gasteiger partial charge is 0.386 e. The lowest BCUT2D eigenvalue weighted by Gasteiger charge is -2.29. The zero-order valence-corrected chi connectivity index (χ0v) is 10.2. The molecular formula is C13H25NO. The first-order valence-electron chi connectivity index (χ1n) is 6.29. The number of hydrogen-bond donors (Lipinski definition) is 2. The standard InChI is InChI=1S/C13H25NO/c1-3-10-14-11-9-13(2,15)12-7-5-4-6-8-12/h7,14-15H,3-6,8-11H2,1-2H3. The molecule has 0 amide bonds. The van der Waals surface area contributed by atoms with E-state index < -0.39 is 5.60 Å². The summed E-state index contributed by atoms with van der Waals surface area (Å²) in [5, 5.41) is 13.7. The highest BCUT2D eigenvalue weighted by Crippen LogP contribution is 2.29. The smallest absolute Gasteiger partial charge is 0.0840 e. The molecule has 15 heavy (non-hydrogen) atoms. The molecule has 0 aromatic carbocycles. The molecule has 0 aliphatic heterocycles. The molecule has 0 spiro atoms. The summed E-state index contributed by atoms with van der Waals surface area (Å²) < 4.78 is 0. The Morgan fingerprint density at radius 2 is 2.20 bits per heavy atom. The summed E-state index contributed by atoms with van der Waals surface area (Å²) in [6.45, 7) is 6.08. The number of nitrogens with one attached hydrogen (secondary N) is 1. The van der Waals surface area contributed by atoms with Crippen LogP contribution in [-0.2, 0) is 0 Å². The Kier molecular flexibility index (Phi) is 5.34. The third-order valence-corrected chi connectivity index (χ3v) is 3.20. The van der Waals surface area contributed by atoms with Gasteiger partial charge in [-0.3, -0.25) is 0 Å². The molecule has 0 radical (unpaired) electrons. The molecule has 1 aliphatic rings. The maximum absolute atomic E-state index is 10.3. The Morgan fingerprint density at radius 3 is 2.80 bits per heavy atom. The molecule has 1 aliphatic carbocycles. The van der Waals surface area contributed by atoms with E-state index in [0.29, 0.717) is 0 Å². The van der Waals surface area contributed by atoms with Gasteiger partial charge in [0.15, 0.2) is 0 Å². The Hall–Kier alpha value is -0.340. The fourth-order valence-electron chi connectivity index (χ4n) is 2.12. The zero-order chi connectivity index (χ0) is 11.1. The van der Waals surface area contributed by atoms with Crippen LogP contribution in [0.15, 0.2) is 11.6 Å². The Labute approximate surface area is 93.8 Å². The molecule has 1 unspecified atom stereocenters. The summed E-state index contributed by atoms with van der Waals surface area (Å²) in [5.74, 6) is 0. The van der Waals surface area contributed by atoms with E-state index in [9.17, 15) is 5.11 Å². The highest BCUT2D eigenvalue weighted by atomic mass is 16.3. The van der Waals surface area contributed by atoms with Gasteiger partial charge in [-0.2, -0.15) is 0 Å². The molecular weight excluding hydrogens is 186 g/mol. The van der Waals surface area contributed by atoms with Crippen LogP contribution in [0.1, 0.15) is 52.4 Å². The van der Waals surface area contributed by atoms with Gasteiger partial charge in [-0.25, -0.2) is 0 Å². The average Bonchev–Trinajstić information content (AvgIpc) is 2.26. The van der Waals surface area contributed by atoms with Crippen LogP contribution >= 0.6 is 0 Å². The summed E-state index contributed by atoms with van der Waals surface area (Å²) >= 11 is 0. The van der Waals surface area contributed by atoms with Crippen molar-refractivity contribution in [2.45, 2.75) is 58.0 Å². The zero-order valence-electron chi connectivity index (χ0n) is 10.2. The van der Waals surface area contributed by atoms with Gasteiger partial charge in [0, 0.05) is 0 Å². The van der Waals surface area contributed by atoms with E-state index in [-0.39, 0.29) is 0 Å². The number of allylic oxidation sites excluding steroid dienone is 1. The summed E-state index contributed by atoms with van der Waals surface area (Å²) in [7, 11) is 0. The van der Waals surface area contributed by atoms with Gasteiger partial charge < -0.3 is 10.4 Å². The van der Waals surface area contributed by atoms with Gasteiger partial charge >= 0.3 is 0 Å². The minimum atomic E-state index is -0.582. The van der Waals surface area contributed by atoms with E-state index in [4.69, 9.17) is 0 Å². The van der Waals surface area contributed by atoms with E-state index in [1.807, 2.05) is 6.92 Å². The lowest BCUT2D eigenvalue weighted by atomic mass is 9.85. The Bertz CT molecular complexity index is 209. The van der Waals surface area contributed by atoms with Crippen LogP contribution < -0.4 is 5.32 Å². The third kappa shape index (κ3) is 4.35. The van der Waals surface area contributed by atoms with Crippen molar-refractivity contribution in [3.63, 3.8) is 0 Å². The van der Waals surface area contributed by atoms with Gasteiger partial charge in [0.05, 0.1) is 5.60 Å². The third-order valence-electron chi connectivity index (χ3n) is 3.20. The fourth-order valence-corrected chi connectivity index (χ4v) is 2.12. The van der Waals surface area contributed by atoms with Gasteiger partial charge in [-0.1, -0.05) is 13.0 Å². The van der Waals surface area contributed by atoms with Crippen LogP contribution in [0.25, 0.3) is 0 Å². The second-order valence-electron chi connectivity index (χ2n) is 4.75. The van der Waals surface area contributed by atoms with Crippen LogP contribution in [-0.4, -0.2) is 23.8 Å². The maximum Gasteiger partial charge on any atom is 0.0840 e. The molecule has 1 rings (SSSR count). The van der Waals surface area contributed by atoms with Crippen molar-refractivity contribution in [3.8, 4) is 0 Å². The summed E-state index contributed by atoms with van der Waals surface area (Å²) in [6, 6.07) is 0. The fraction of sp³-hybridized carbons (Fsp3) is 0.846. The normalized spacial score (nSPS) is 20.9. The molecule has 0 saturated carbocycles. The molecule has 0 aromatic rings. The minimum Gasteiger partial charge on any atom is -0.386 e. The van der Waals surface area contributed by atoms with Crippen LogP contribution in [0, 0.1) is 0 Å². The lowest BCUT2D eigenvalue weighted by molar-refractivity contribution is 0.0835. The molecule has 0 heterocycles. The Balaban J connectivity index is 2.33. The van der Waals surface area contributed by atoms with E-state index in [1.165, 1.54) is 18.4 Å². The molecule has 1 atom stereocenters. The van der Waals surface area contributed by atoms with E-state index in [1.54, 1.807) is 0 Å². The van der Waals surface area contributed by atoms with E-state index in [2.05, 4.69) is 18.3 Å². The van der Waals surface area contributed by atoms with Crippen molar-refractivity contribution in [2.24, 2.45) is 0 Å². The van der Waals surface area contributed by atoms with E-state index in [0.717, 1.165) is 38.8 Å². The van der Waals surface area contributed by atoms with Crippen LogP contribution in [0.2, 0.25) is 0 Å². The van der Waals surface area contributed by atoms with Gasteiger partial charge in [0.25, 0.3) is 0 Å². The number of rotatable bonds is 6. The maximum atomic E-state index is 10.3. The van der Waals surface area contributed by atoms with Crippen LogP contribution in [0.4, 0.5) is 0 Å². The first-order valence-corrected chi connectivity index (χ1v) is 6.29. The second-order valence-corrected chi connectivity index (χ2v) is 4.75. The van der Waals surface area contributed by atoms with Crippen molar-refractivity contribution in [1.29, 1.82) is 0 Å². The summed E-state index contributed by atoms with van der Waals surface area (Å²) in [4.78, 5) is 0. The number of hydrogen-bond acceptors (Lipinski definition) is 2. The topological polar surface area (TPSA) is 32.3 Å². The Morgan fingerprint density at radius 1 is 1.40 bits per heavy atom. The van der Waals surface area contributed by atoms with Crippen molar-refractivity contribution in [1.82, 2.24) is 5.32 Å². The molecule has 88 valence electrons. The lowest BCUT2D eigenvalue weighted by Crippen LogP contribution is -2.32. The summed E-state index contributed by atoms with van der Waals surface area (Å²) in [5.41, 5.74) is 0.674. The van der Waals surface area contributed by atoms with Crippen molar-refractivity contribution in [2.75, 3.05) is 13.1 Å². The highest BCUT2D eigenvalue weighted by Gasteiger charge is 2.25. The quantitative estimate of drug-likeness (QED) is 0.523. The molecule has 2 heteroatoms. The van der Waals surface area contributed by atoms with Crippen molar-refractivity contribution >= 4 is 0 Å². The van der Waals surface area contributed by atoms with E-state index >= 15 is 0 Å². The predicted molar refractivity (Wildman–Crippen MR) is 65.0 cm³/mol. The molecule has 0 saturated heterocycles. The van der Waals surface area contributed by atoms with Gasteiger partial charge in [0.1, 0.15) is 0 Å². The minimum absolute atomic E-state index is 0.582. The monoisotopic (exact) mass is 211 g/mol. The van der Waals surface area contributed by atoms with Crippen LogP contribution in [0.3, 0.4) is 0 Å². The van der Waals surface area contributed by atoms with Crippen LogP contribution in [0.5, 0.6) is 0 Å². The van der Waals surface area contributed by atoms with Gasteiger partial charge in [0.2, 0.25) is 0 Å². The van der Waals surface area contributed by atoms with Gasteiger partial charge in [-0.05, 0) is 64.1 Å². The average molecular weight is 211 g/mol. The molecule has 2 nitrogen and oxygen atoms in total. The second kappa shape index (κ2) is 6.29. The van der Waals surface area contributed by atoms with Crippen molar-refractivity contribution in [3.05, 3.63) is 11.6 Å². The van der Waals surface area contributed by atoms with Crippen molar-refractivity contribution < 1.29 is 5.11 Å². The highest BCUT2D eigenvalue weighted by molar-refractivity contribution is 5.17. The first kappa shape index (κ1) is 12.7. The SMILES string of the molecule is CCCNCCC(C)(O)C1=CCCCC1. The molecule has 0 fully saturated rings. The first-order chi connectivity index (χ1) is 7.17. The molecule has 0 bridgehead atoms. The molecule has 0 aromatic heterocycles. The predicted octanol–water partition coefficient (Wildman–Crippen LogP) is 2.63. The number of aliphatic hydroxyl groups is 1. The molecule has 2 N–H and O–H groups in total.